The van der Waals surface area contributed by atoms with E-state index in [1.54, 1.807) is 0 Å². The third-order valence-corrected chi connectivity index (χ3v) is 4.00. The largest absolute Gasteiger partial charge is 0.456 e. The lowest BCUT2D eigenvalue weighted by Gasteiger charge is -2.03. The number of rotatable bonds is 4. The van der Waals surface area contributed by atoms with Gasteiger partial charge in [0.25, 0.3) is 0 Å². The van der Waals surface area contributed by atoms with Crippen LogP contribution in [-0.4, -0.2) is 18.9 Å². The molecule has 2 heterocycles. The highest BCUT2D eigenvalue weighted by molar-refractivity contribution is 6.00. The maximum atomic E-state index is 5.98. The number of nitrogens with zero attached hydrogens (tertiary/aromatic N) is 1. The summed E-state index contributed by atoms with van der Waals surface area (Å²) in [4.78, 5) is 9.12. The molecule has 3 N–H and O–H groups in total. The molecule has 2 aromatic carbocycles. The van der Waals surface area contributed by atoms with Crippen LogP contribution in [-0.2, 0) is 0 Å². The van der Waals surface area contributed by atoms with E-state index in [4.69, 9.17) is 10.3 Å². The van der Waals surface area contributed by atoms with E-state index in [0.29, 0.717) is 5.75 Å². The second-order valence-electron chi connectivity index (χ2n) is 5.54. The number of aliphatic imine (C=N–C) groups is 1. The van der Waals surface area contributed by atoms with Gasteiger partial charge in [0.05, 0.1) is 6.54 Å². The summed E-state index contributed by atoms with van der Waals surface area (Å²) in [5, 5.41) is 3.27. The van der Waals surface area contributed by atoms with Gasteiger partial charge in [0.2, 0.25) is 0 Å². The molecule has 0 spiro atoms. The van der Waals surface area contributed by atoms with Crippen molar-refractivity contribution < 1.29 is 9.25 Å². The molecule has 0 radical (unpaired) electrons. The Morgan fingerprint density at radius 2 is 1.42 bits per heavy atom. The van der Waals surface area contributed by atoms with E-state index >= 15 is 0 Å². The average Bonchev–Trinajstić information content (AvgIpc) is 3.34. The van der Waals surface area contributed by atoms with Gasteiger partial charge in [-0.05, 0) is 36.4 Å². The first-order valence-electron chi connectivity index (χ1n) is 7.79. The summed E-state index contributed by atoms with van der Waals surface area (Å²) in [7, 11) is 0. The summed E-state index contributed by atoms with van der Waals surface area (Å²) in [6.45, 7) is 1.75. The highest BCUT2D eigenvalue weighted by atomic mass is 16.6. The van der Waals surface area contributed by atoms with Gasteiger partial charge in [-0.2, -0.15) is 5.90 Å². The van der Waals surface area contributed by atoms with E-state index in [1.807, 2.05) is 48.5 Å². The maximum Gasteiger partial charge on any atom is 0.146 e. The molecule has 5 heteroatoms. The van der Waals surface area contributed by atoms with Gasteiger partial charge in [-0.15, -0.1) is 0 Å². The molecule has 0 fully saturated rings. The Bertz CT molecular complexity index is 864. The van der Waals surface area contributed by atoms with Gasteiger partial charge in [-0.25, -0.2) is 0 Å². The minimum Gasteiger partial charge on any atom is -0.456 e. The highest BCUT2D eigenvalue weighted by Crippen LogP contribution is 2.29. The quantitative estimate of drug-likeness (QED) is 0.724. The zero-order chi connectivity index (χ0) is 16.4. The third-order valence-electron chi connectivity index (χ3n) is 4.00. The molecule has 0 atom stereocenters. The topological polar surface area (TPSA) is 72.8 Å². The van der Waals surface area contributed by atoms with Crippen LogP contribution in [0, 0.1) is 0 Å². The number of hydrogen-bond acceptors (Lipinski definition) is 5. The van der Waals surface area contributed by atoms with E-state index < -0.39 is 0 Å². The fraction of sp³-hybridized carbons (Fsp3) is 0.105. The summed E-state index contributed by atoms with van der Waals surface area (Å²) in [6, 6.07) is 19.6. The van der Waals surface area contributed by atoms with Gasteiger partial charge >= 0.3 is 0 Å². The van der Waals surface area contributed by atoms with Crippen LogP contribution in [0.1, 0.15) is 5.56 Å². The van der Waals surface area contributed by atoms with Crippen LogP contribution in [0.25, 0.3) is 22.6 Å². The van der Waals surface area contributed by atoms with Crippen LogP contribution in [0.4, 0.5) is 0 Å². The summed E-state index contributed by atoms with van der Waals surface area (Å²) in [5.74, 6) is 8.35. The van der Waals surface area contributed by atoms with E-state index in [2.05, 4.69) is 27.3 Å². The monoisotopic (exact) mass is 319 g/mol. The Balaban J connectivity index is 1.57. The van der Waals surface area contributed by atoms with Crippen LogP contribution in [0.3, 0.4) is 0 Å². The maximum absolute atomic E-state index is 5.98. The molecule has 4 rings (SSSR count). The van der Waals surface area contributed by atoms with Crippen molar-refractivity contribution >= 4 is 5.84 Å². The molecule has 1 aromatic heterocycles. The predicted octanol–water partition coefficient (Wildman–Crippen LogP) is 3.22. The van der Waals surface area contributed by atoms with E-state index in [9.17, 15) is 0 Å². The molecule has 0 unspecified atom stereocenters. The predicted molar refractivity (Wildman–Crippen MR) is 93.8 cm³/mol. The number of amidine groups is 1. The normalized spacial score (nSPS) is 13.5. The van der Waals surface area contributed by atoms with Crippen LogP contribution < -0.4 is 16.1 Å². The van der Waals surface area contributed by atoms with Gasteiger partial charge in [-0.1, -0.05) is 24.3 Å². The van der Waals surface area contributed by atoms with Crippen LogP contribution >= 0.6 is 0 Å². The Kier molecular flexibility index (Phi) is 3.76. The third kappa shape index (κ3) is 2.77. The molecule has 0 bridgehead atoms. The van der Waals surface area contributed by atoms with Crippen molar-refractivity contribution in [3.8, 4) is 28.4 Å². The number of nitrogens with one attached hydrogen (secondary N) is 1. The van der Waals surface area contributed by atoms with Gasteiger partial charge < -0.3 is 14.6 Å². The second-order valence-corrected chi connectivity index (χ2v) is 5.54. The van der Waals surface area contributed by atoms with Crippen molar-refractivity contribution in [2.75, 3.05) is 13.1 Å². The summed E-state index contributed by atoms with van der Waals surface area (Å²) in [5.41, 5.74) is 3.11. The molecule has 120 valence electrons. The van der Waals surface area contributed by atoms with Crippen molar-refractivity contribution in [3.05, 3.63) is 66.2 Å². The molecule has 3 aromatic rings. The summed E-state index contributed by atoms with van der Waals surface area (Å²) >= 11 is 0. The minimum absolute atomic E-state index is 0.615. The Morgan fingerprint density at radius 3 is 1.96 bits per heavy atom. The van der Waals surface area contributed by atoms with Gasteiger partial charge in [-0.3, -0.25) is 4.99 Å². The Hall–Kier alpha value is -3.05. The van der Waals surface area contributed by atoms with Gasteiger partial charge in [0, 0.05) is 23.2 Å². The van der Waals surface area contributed by atoms with Crippen LogP contribution in [0.5, 0.6) is 5.75 Å². The van der Waals surface area contributed by atoms with Gasteiger partial charge in [0.15, 0.2) is 0 Å². The lowest BCUT2D eigenvalue weighted by atomic mass is 10.1. The van der Waals surface area contributed by atoms with Crippen molar-refractivity contribution in [3.63, 3.8) is 0 Å². The number of nitrogens with two attached hydrogens (primary N) is 1. The molecule has 0 amide bonds. The van der Waals surface area contributed by atoms with Crippen molar-refractivity contribution in [1.29, 1.82) is 0 Å². The molecular weight excluding hydrogens is 302 g/mol. The average molecular weight is 319 g/mol. The number of hydrogen-bond donors (Lipinski definition) is 2. The van der Waals surface area contributed by atoms with Crippen molar-refractivity contribution in [1.82, 2.24) is 5.32 Å². The smallest absolute Gasteiger partial charge is 0.146 e. The number of benzene rings is 2. The van der Waals surface area contributed by atoms with E-state index in [1.165, 1.54) is 0 Å². The molecule has 1 aliphatic heterocycles. The SMILES string of the molecule is NOc1ccc(-c2ccc(-c3ccc(C4=NCCN4)cc3)o2)cc1. The molecule has 0 aliphatic carbocycles. The fourth-order valence-corrected chi connectivity index (χ4v) is 2.73. The van der Waals surface area contributed by atoms with Crippen LogP contribution in [0.2, 0.25) is 0 Å². The molecule has 24 heavy (non-hydrogen) atoms. The molecule has 1 aliphatic rings. The molecule has 0 saturated carbocycles. The molecular formula is C19H17N3O2. The highest BCUT2D eigenvalue weighted by Gasteiger charge is 2.10. The first kappa shape index (κ1) is 14.5. The fourth-order valence-electron chi connectivity index (χ4n) is 2.73. The van der Waals surface area contributed by atoms with Crippen molar-refractivity contribution in [2.45, 2.75) is 0 Å². The summed E-state index contributed by atoms with van der Waals surface area (Å²) < 4.78 is 5.98. The number of furan rings is 1. The minimum atomic E-state index is 0.615. The zero-order valence-electron chi connectivity index (χ0n) is 13.0. The van der Waals surface area contributed by atoms with Crippen LogP contribution in [0.15, 0.2) is 70.1 Å². The lowest BCUT2D eigenvalue weighted by molar-refractivity contribution is 0.334. The molecule has 5 nitrogen and oxygen atoms in total. The second kappa shape index (κ2) is 6.22. The Morgan fingerprint density at radius 1 is 0.833 bits per heavy atom. The first-order valence-corrected chi connectivity index (χ1v) is 7.79. The standard InChI is InChI=1S/C19H17N3O2/c20-24-16-7-5-14(6-8-16)18-10-9-17(23-18)13-1-3-15(4-2-13)19-21-11-12-22-19/h1-10H,11-12,20H2,(H,21,22). The van der Waals surface area contributed by atoms with Gasteiger partial charge in [0.1, 0.15) is 23.1 Å². The zero-order valence-corrected chi connectivity index (χ0v) is 13.0. The summed E-state index contributed by atoms with van der Waals surface area (Å²) in [6.07, 6.45) is 0. The van der Waals surface area contributed by atoms with E-state index in [-0.39, 0.29) is 0 Å². The van der Waals surface area contributed by atoms with E-state index in [0.717, 1.165) is 47.1 Å². The first-order chi connectivity index (χ1) is 11.8. The molecule has 0 saturated heterocycles. The lowest BCUT2D eigenvalue weighted by Crippen LogP contribution is -2.19. The van der Waals surface area contributed by atoms with Crippen molar-refractivity contribution in [2.24, 2.45) is 10.9 Å². The Labute approximate surface area is 139 Å².